The van der Waals surface area contributed by atoms with E-state index in [2.05, 4.69) is 45.9 Å². The van der Waals surface area contributed by atoms with E-state index in [9.17, 15) is 0 Å². The van der Waals surface area contributed by atoms with Crippen LogP contribution in [-0.2, 0) is 4.74 Å². The van der Waals surface area contributed by atoms with Gasteiger partial charge in [0.2, 0.25) is 0 Å². The summed E-state index contributed by atoms with van der Waals surface area (Å²) in [6, 6.07) is 6.32. The molecule has 0 aromatic heterocycles. The van der Waals surface area contributed by atoms with Crippen LogP contribution < -0.4 is 9.64 Å². The first kappa shape index (κ1) is 15.3. The summed E-state index contributed by atoms with van der Waals surface area (Å²) in [7, 11) is 0. The van der Waals surface area contributed by atoms with Crippen LogP contribution in [0.1, 0.15) is 31.4 Å². The van der Waals surface area contributed by atoms with Crippen molar-refractivity contribution in [1.29, 1.82) is 0 Å². The first-order valence-corrected chi connectivity index (χ1v) is 7.73. The zero-order valence-corrected chi connectivity index (χ0v) is 13.2. The van der Waals surface area contributed by atoms with Crippen LogP contribution in [0, 0.1) is 13.8 Å². The van der Waals surface area contributed by atoms with Crippen LogP contribution in [-0.4, -0.2) is 38.4 Å². The van der Waals surface area contributed by atoms with E-state index in [1.165, 1.54) is 17.7 Å². The minimum atomic E-state index is 0.384. The molecule has 1 aliphatic rings. The molecule has 1 heterocycles. The number of aryl methyl sites for hydroxylation is 2. The standard InChI is InChI=1S/C17H27NO2/c1-13-6-7-17(10-14(13)2)19-9-5-8-18-11-15(3)20-16(4)12-18/h6-7,10,15-16H,5,8-9,11-12H2,1-4H3/p+1/t15-,16+. The monoisotopic (exact) mass is 278 g/mol. The molecule has 0 aliphatic carbocycles. The van der Waals surface area contributed by atoms with Gasteiger partial charge in [-0.2, -0.15) is 0 Å². The molecule has 2 rings (SSSR count). The van der Waals surface area contributed by atoms with Crippen LogP contribution in [0.15, 0.2) is 18.2 Å². The second kappa shape index (κ2) is 7.09. The maximum Gasteiger partial charge on any atom is 0.119 e. The zero-order chi connectivity index (χ0) is 14.5. The highest BCUT2D eigenvalue weighted by Crippen LogP contribution is 2.16. The van der Waals surface area contributed by atoms with Crippen molar-refractivity contribution in [3.63, 3.8) is 0 Å². The molecule has 0 bridgehead atoms. The summed E-state index contributed by atoms with van der Waals surface area (Å²) in [6.45, 7) is 12.8. The number of ether oxygens (including phenoxy) is 2. The second-order valence-electron chi connectivity index (χ2n) is 6.11. The summed E-state index contributed by atoms with van der Waals surface area (Å²) in [6.07, 6.45) is 1.87. The molecule has 3 nitrogen and oxygen atoms in total. The van der Waals surface area contributed by atoms with Crippen molar-refractivity contribution in [2.24, 2.45) is 0 Å². The molecule has 1 aromatic carbocycles. The number of rotatable bonds is 5. The van der Waals surface area contributed by atoms with E-state index >= 15 is 0 Å². The summed E-state index contributed by atoms with van der Waals surface area (Å²) in [5.74, 6) is 0.992. The number of hydrogen-bond acceptors (Lipinski definition) is 2. The number of nitrogens with one attached hydrogen (secondary N) is 1. The molecular formula is C17H28NO2+. The van der Waals surface area contributed by atoms with Crippen LogP contribution in [0.25, 0.3) is 0 Å². The topological polar surface area (TPSA) is 22.9 Å². The van der Waals surface area contributed by atoms with Crippen LogP contribution in [0.4, 0.5) is 0 Å². The van der Waals surface area contributed by atoms with Gasteiger partial charge in [0.1, 0.15) is 31.0 Å². The van der Waals surface area contributed by atoms with E-state index < -0.39 is 0 Å². The van der Waals surface area contributed by atoms with Crippen molar-refractivity contribution in [2.75, 3.05) is 26.2 Å². The Morgan fingerprint density at radius 2 is 1.85 bits per heavy atom. The maximum atomic E-state index is 5.84. The average molecular weight is 278 g/mol. The smallest absolute Gasteiger partial charge is 0.119 e. The predicted octanol–water partition coefficient (Wildman–Crippen LogP) is 1.76. The molecule has 1 unspecified atom stereocenters. The first-order valence-electron chi connectivity index (χ1n) is 7.73. The molecule has 0 spiro atoms. The predicted molar refractivity (Wildman–Crippen MR) is 81.6 cm³/mol. The fraction of sp³-hybridized carbons (Fsp3) is 0.647. The Kier molecular flexibility index (Phi) is 5.44. The highest BCUT2D eigenvalue weighted by Gasteiger charge is 2.24. The molecular weight excluding hydrogens is 250 g/mol. The summed E-state index contributed by atoms with van der Waals surface area (Å²) >= 11 is 0. The summed E-state index contributed by atoms with van der Waals surface area (Å²) in [4.78, 5) is 1.64. The van der Waals surface area contributed by atoms with Gasteiger partial charge in [-0.15, -0.1) is 0 Å². The van der Waals surface area contributed by atoms with Crippen molar-refractivity contribution in [1.82, 2.24) is 0 Å². The fourth-order valence-electron chi connectivity index (χ4n) is 2.91. The van der Waals surface area contributed by atoms with Crippen molar-refractivity contribution in [3.05, 3.63) is 29.3 Å². The lowest BCUT2D eigenvalue weighted by Gasteiger charge is -2.32. The molecule has 20 heavy (non-hydrogen) atoms. The van der Waals surface area contributed by atoms with Crippen molar-refractivity contribution >= 4 is 0 Å². The van der Waals surface area contributed by atoms with Gasteiger partial charge in [-0.25, -0.2) is 0 Å². The van der Waals surface area contributed by atoms with E-state index in [1.807, 2.05) is 0 Å². The minimum Gasteiger partial charge on any atom is -0.493 e. The van der Waals surface area contributed by atoms with Gasteiger partial charge in [-0.05, 0) is 51.0 Å². The lowest BCUT2D eigenvalue weighted by atomic mass is 10.1. The van der Waals surface area contributed by atoms with Crippen LogP contribution in [0.3, 0.4) is 0 Å². The Labute approximate surface area is 122 Å². The Hall–Kier alpha value is -1.06. The Bertz CT molecular complexity index is 423. The molecule has 3 atom stereocenters. The van der Waals surface area contributed by atoms with Gasteiger partial charge in [-0.3, -0.25) is 0 Å². The molecule has 0 amide bonds. The van der Waals surface area contributed by atoms with Crippen molar-refractivity contribution in [2.45, 2.75) is 46.3 Å². The molecule has 1 fully saturated rings. The average Bonchev–Trinajstić information content (AvgIpc) is 2.38. The van der Waals surface area contributed by atoms with Crippen molar-refractivity contribution in [3.8, 4) is 5.75 Å². The lowest BCUT2D eigenvalue weighted by Crippen LogP contribution is -3.15. The molecule has 0 saturated carbocycles. The third-order valence-electron chi connectivity index (χ3n) is 4.04. The van der Waals surface area contributed by atoms with Crippen LogP contribution in [0.2, 0.25) is 0 Å². The van der Waals surface area contributed by atoms with Gasteiger partial charge < -0.3 is 14.4 Å². The first-order chi connectivity index (χ1) is 9.54. The van der Waals surface area contributed by atoms with E-state index in [-0.39, 0.29) is 0 Å². The fourth-order valence-corrected chi connectivity index (χ4v) is 2.91. The van der Waals surface area contributed by atoms with Crippen LogP contribution in [0.5, 0.6) is 5.75 Å². The van der Waals surface area contributed by atoms with E-state index in [0.717, 1.165) is 31.9 Å². The molecule has 1 saturated heterocycles. The zero-order valence-electron chi connectivity index (χ0n) is 13.2. The molecule has 3 heteroatoms. The van der Waals surface area contributed by atoms with Gasteiger partial charge in [0, 0.05) is 6.42 Å². The Balaban J connectivity index is 1.69. The Morgan fingerprint density at radius 1 is 1.15 bits per heavy atom. The second-order valence-corrected chi connectivity index (χ2v) is 6.11. The maximum absolute atomic E-state index is 5.84. The van der Waals surface area contributed by atoms with E-state index in [1.54, 1.807) is 4.90 Å². The number of morpholine rings is 1. The number of quaternary nitrogens is 1. The van der Waals surface area contributed by atoms with Gasteiger partial charge in [0.25, 0.3) is 0 Å². The summed E-state index contributed by atoms with van der Waals surface area (Å²) in [5.41, 5.74) is 2.61. The van der Waals surface area contributed by atoms with Gasteiger partial charge >= 0.3 is 0 Å². The van der Waals surface area contributed by atoms with Gasteiger partial charge in [0.15, 0.2) is 0 Å². The molecule has 1 aromatic rings. The highest BCUT2D eigenvalue weighted by atomic mass is 16.5. The third-order valence-corrected chi connectivity index (χ3v) is 4.04. The van der Waals surface area contributed by atoms with Crippen molar-refractivity contribution < 1.29 is 14.4 Å². The van der Waals surface area contributed by atoms with E-state index in [0.29, 0.717) is 12.2 Å². The normalized spacial score (nSPS) is 26.5. The van der Waals surface area contributed by atoms with Gasteiger partial charge in [0.05, 0.1) is 13.2 Å². The number of benzene rings is 1. The van der Waals surface area contributed by atoms with E-state index in [4.69, 9.17) is 9.47 Å². The lowest BCUT2D eigenvalue weighted by molar-refractivity contribution is -0.915. The minimum absolute atomic E-state index is 0.384. The van der Waals surface area contributed by atoms with Gasteiger partial charge in [-0.1, -0.05) is 6.07 Å². The summed E-state index contributed by atoms with van der Waals surface area (Å²) < 4.78 is 11.6. The molecule has 1 aliphatic heterocycles. The third kappa shape index (κ3) is 4.50. The number of hydrogen-bond donors (Lipinski definition) is 1. The molecule has 112 valence electrons. The highest BCUT2D eigenvalue weighted by molar-refractivity contribution is 5.33. The van der Waals surface area contributed by atoms with Crippen LogP contribution >= 0.6 is 0 Å². The molecule has 1 N–H and O–H groups in total. The molecule has 0 radical (unpaired) electrons. The SMILES string of the molecule is Cc1ccc(OCCC[NH+]2C[C@@H](C)O[C@@H](C)C2)cc1C. The quantitative estimate of drug-likeness (QED) is 0.830. The summed E-state index contributed by atoms with van der Waals surface area (Å²) in [5, 5.41) is 0. The largest absolute Gasteiger partial charge is 0.493 e. The Morgan fingerprint density at radius 3 is 2.50 bits per heavy atom.